The third kappa shape index (κ3) is 5.89. The number of carbonyl (C=O) groups is 2. The van der Waals surface area contributed by atoms with Crippen molar-refractivity contribution in [2.75, 3.05) is 5.32 Å². The lowest BCUT2D eigenvalue weighted by atomic mass is 10.1. The van der Waals surface area contributed by atoms with Crippen molar-refractivity contribution >= 4 is 23.3 Å². The lowest BCUT2D eigenvalue weighted by molar-refractivity contribution is -0.384. The zero-order valence-corrected chi connectivity index (χ0v) is 16.7. The molecule has 0 aliphatic heterocycles. The number of hydrogen-bond acceptors (Lipinski definition) is 7. The number of non-ortho nitro benzene ring substituents is 1. The van der Waals surface area contributed by atoms with Gasteiger partial charge in [-0.3, -0.25) is 10.1 Å². The number of carbonyl (C=O) groups excluding carboxylic acids is 2. The number of anilines is 1. The van der Waals surface area contributed by atoms with Gasteiger partial charge in [-0.25, -0.2) is 9.59 Å². The van der Waals surface area contributed by atoms with E-state index in [0.29, 0.717) is 5.69 Å². The summed E-state index contributed by atoms with van der Waals surface area (Å²) in [6, 6.07) is 20.4. The van der Waals surface area contributed by atoms with E-state index in [4.69, 9.17) is 9.47 Å². The second-order valence-corrected chi connectivity index (χ2v) is 6.65. The number of nitrogens with one attached hydrogen (secondary N) is 1. The van der Waals surface area contributed by atoms with E-state index in [9.17, 15) is 19.7 Å². The van der Waals surface area contributed by atoms with Crippen LogP contribution in [-0.4, -0.2) is 22.9 Å². The number of nitro benzene ring substituents is 1. The van der Waals surface area contributed by atoms with Gasteiger partial charge in [-0.2, -0.15) is 0 Å². The second-order valence-electron chi connectivity index (χ2n) is 6.65. The molecule has 3 aromatic carbocycles. The first-order valence-electron chi connectivity index (χ1n) is 9.47. The van der Waals surface area contributed by atoms with Gasteiger partial charge in [0.2, 0.25) is 0 Å². The summed E-state index contributed by atoms with van der Waals surface area (Å²) >= 11 is 0. The first kappa shape index (κ1) is 21.5. The minimum absolute atomic E-state index is 0.103. The summed E-state index contributed by atoms with van der Waals surface area (Å²) in [5.41, 5.74) is 1.47. The highest BCUT2D eigenvalue weighted by atomic mass is 16.6. The minimum atomic E-state index is -0.793. The summed E-state index contributed by atoms with van der Waals surface area (Å²) in [6.45, 7) is 1.71. The molecule has 0 bridgehead atoms. The topological polar surface area (TPSA) is 108 Å². The molecule has 0 fully saturated rings. The molecule has 31 heavy (non-hydrogen) atoms. The van der Waals surface area contributed by atoms with Crippen LogP contribution in [0, 0.1) is 10.1 Å². The van der Waals surface area contributed by atoms with E-state index in [0.717, 1.165) is 5.56 Å². The molecule has 1 atom stereocenters. The molecule has 8 nitrogen and oxygen atoms in total. The summed E-state index contributed by atoms with van der Waals surface area (Å²) < 4.78 is 10.6. The van der Waals surface area contributed by atoms with Crippen molar-refractivity contribution in [3.63, 3.8) is 0 Å². The molecule has 0 heterocycles. The van der Waals surface area contributed by atoms with Crippen LogP contribution in [0.2, 0.25) is 0 Å². The average molecular weight is 420 g/mol. The first-order chi connectivity index (χ1) is 14.9. The highest BCUT2D eigenvalue weighted by Gasteiger charge is 2.20. The number of para-hydroxylation sites is 1. The SMILES string of the molecule is CC(Nc1ccccc1C(=O)OCc1ccccc1)C(=O)Oc1ccc([N+](=O)[O-])cc1. The monoisotopic (exact) mass is 420 g/mol. The highest BCUT2D eigenvalue weighted by molar-refractivity contribution is 5.96. The molecule has 0 aliphatic carbocycles. The van der Waals surface area contributed by atoms with Gasteiger partial charge in [-0.15, -0.1) is 0 Å². The number of esters is 2. The summed E-state index contributed by atoms with van der Waals surface area (Å²) in [5, 5.41) is 13.7. The standard InChI is InChI=1S/C23H20N2O6/c1-16(22(26)31-19-13-11-18(12-14-19)25(28)29)24-21-10-6-5-9-20(21)23(27)30-15-17-7-3-2-4-8-17/h2-14,16,24H,15H2,1H3. The Labute approximate surface area is 178 Å². The van der Waals surface area contributed by atoms with Crippen LogP contribution < -0.4 is 10.1 Å². The summed E-state index contributed by atoms with van der Waals surface area (Å²) in [5.74, 6) is -0.955. The fraction of sp³-hybridized carbons (Fsp3) is 0.130. The molecular weight excluding hydrogens is 400 g/mol. The maximum atomic E-state index is 12.5. The third-order valence-corrected chi connectivity index (χ3v) is 4.35. The quantitative estimate of drug-likeness (QED) is 0.250. The van der Waals surface area contributed by atoms with Gasteiger partial charge >= 0.3 is 11.9 Å². The molecule has 3 aromatic rings. The normalized spacial score (nSPS) is 11.3. The van der Waals surface area contributed by atoms with Gasteiger partial charge in [0.25, 0.3) is 5.69 Å². The van der Waals surface area contributed by atoms with Crippen LogP contribution in [0.15, 0.2) is 78.9 Å². The second kappa shape index (κ2) is 10.0. The molecule has 0 aliphatic rings. The lowest BCUT2D eigenvalue weighted by Gasteiger charge is -2.17. The van der Waals surface area contributed by atoms with Crippen molar-refractivity contribution in [3.05, 3.63) is 100 Å². The van der Waals surface area contributed by atoms with Crippen LogP contribution in [0.3, 0.4) is 0 Å². The van der Waals surface area contributed by atoms with E-state index in [1.807, 2.05) is 30.3 Å². The van der Waals surface area contributed by atoms with Crippen molar-refractivity contribution in [3.8, 4) is 5.75 Å². The maximum Gasteiger partial charge on any atom is 0.340 e. The Bertz CT molecular complexity index is 1070. The van der Waals surface area contributed by atoms with Crippen LogP contribution >= 0.6 is 0 Å². The molecular formula is C23H20N2O6. The van der Waals surface area contributed by atoms with E-state index >= 15 is 0 Å². The Balaban J connectivity index is 1.63. The molecule has 3 rings (SSSR count). The van der Waals surface area contributed by atoms with E-state index in [2.05, 4.69) is 5.32 Å². The van der Waals surface area contributed by atoms with Crippen LogP contribution in [-0.2, 0) is 16.1 Å². The Morgan fingerprint density at radius 2 is 1.61 bits per heavy atom. The number of hydrogen-bond donors (Lipinski definition) is 1. The average Bonchev–Trinajstić information content (AvgIpc) is 2.79. The van der Waals surface area contributed by atoms with Crippen molar-refractivity contribution in [1.29, 1.82) is 0 Å². The number of ether oxygens (including phenoxy) is 2. The van der Waals surface area contributed by atoms with Gasteiger partial charge < -0.3 is 14.8 Å². The number of nitro groups is 1. The molecule has 8 heteroatoms. The summed E-state index contributed by atoms with van der Waals surface area (Å²) in [4.78, 5) is 35.1. The number of nitrogens with zero attached hydrogens (tertiary/aromatic N) is 1. The van der Waals surface area contributed by atoms with Crippen LogP contribution in [0.25, 0.3) is 0 Å². The molecule has 0 radical (unpaired) electrons. The van der Waals surface area contributed by atoms with E-state index in [-0.39, 0.29) is 23.6 Å². The van der Waals surface area contributed by atoms with Crippen molar-refractivity contribution in [1.82, 2.24) is 0 Å². The Morgan fingerprint density at radius 1 is 0.968 bits per heavy atom. The summed E-state index contributed by atoms with van der Waals surface area (Å²) in [6.07, 6.45) is 0. The lowest BCUT2D eigenvalue weighted by Crippen LogP contribution is -2.31. The van der Waals surface area contributed by atoms with Gasteiger partial charge in [0, 0.05) is 17.8 Å². The molecule has 0 aromatic heterocycles. The van der Waals surface area contributed by atoms with Crippen molar-refractivity contribution in [2.24, 2.45) is 0 Å². The summed E-state index contributed by atoms with van der Waals surface area (Å²) in [7, 11) is 0. The molecule has 158 valence electrons. The van der Waals surface area contributed by atoms with Crippen molar-refractivity contribution in [2.45, 2.75) is 19.6 Å². The van der Waals surface area contributed by atoms with Gasteiger partial charge in [-0.1, -0.05) is 42.5 Å². The van der Waals surface area contributed by atoms with E-state index in [1.165, 1.54) is 24.3 Å². The predicted octanol–water partition coefficient (Wildman–Crippen LogP) is 4.36. The Kier molecular flexibility index (Phi) is 6.95. The Morgan fingerprint density at radius 3 is 2.29 bits per heavy atom. The zero-order chi connectivity index (χ0) is 22.2. The first-order valence-corrected chi connectivity index (χ1v) is 9.47. The van der Waals surface area contributed by atoms with E-state index < -0.39 is 22.9 Å². The minimum Gasteiger partial charge on any atom is -0.457 e. The predicted molar refractivity (Wildman–Crippen MR) is 114 cm³/mol. The fourth-order valence-corrected chi connectivity index (χ4v) is 2.72. The fourth-order valence-electron chi connectivity index (χ4n) is 2.72. The number of rotatable bonds is 8. The molecule has 0 saturated carbocycles. The number of benzene rings is 3. The van der Waals surface area contributed by atoms with E-state index in [1.54, 1.807) is 31.2 Å². The van der Waals surface area contributed by atoms with Crippen LogP contribution in [0.5, 0.6) is 5.75 Å². The molecule has 0 spiro atoms. The molecule has 0 saturated heterocycles. The zero-order valence-electron chi connectivity index (χ0n) is 16.7. The molecule has 0 amide bonds. The maximum absolute atomic E-state index is 12.5. The van der Waals surface area contributed by atoms with Gasteiger partial charge in [0.15, 0.2) is 0 Å². The Hall–Kier alpha value is -4.20. The third-order valence-electron chi connectivity index (χ3n) is 4.35. The van der Waals surface area contributed by atoms with Crippen molar-refractivity contribution < 1.29 is 24.0 Å². The van der Waals surface area contributed by atoms with Crippen LogP contribution in [0.4, 0.5) is 11.4 Å². The smallest absolute Gasteiger partial charge is 0.340 e. The van der Waals surface area contributed by atoms with Gasteiger partial charge in [0.1, 0.15) is 18.4 Å². The molecule has 1 N–H and O–H groups in total. The van der Waals surface area contributed by atoms with Crippen LogP contribution in [0.1, 0.15) is 22.8 Å². The van der Waals surface area contributed by atoms with Gasteiger partial charge in [0.05, 0.1) is 10.5 Å². The molecule has 1 unspecified atom stereocenters. The highest BCUT2D eigenvalue weighted by Crippen LogP contribution is 2.20. The van der Waals surface area contributed by atoms with Gasteiger partial charge in [-0.05, 0) is 36.8 Å². The largest absolute Gasteiger partial charge is 0.457 e.